The third-order valence-electron chi connectivity index (χ3n) is 4.11. The Morgan fingerprint density at radius 1 is 1.56 bits per heavy atom. The van der Waals surface area contributed by atoms with Crippen LogP contribution in [-0.2, 0) is 17.7 Å². The minimum atomic E-state index is -0.00224. The summed E-state index contributed by atoms with van der Waals surface area (Å²) in [6, 6.07) is 0.316. The third kappa shape index (κ3) is 2.42. The minimum absolute atomic E-state index is 0.00224. The van der Waals surface area contributed by atoms with Crippen LogP contribution in [0.1, 0.15) is 38.4 Å². The number of nitrogens with zero attached hydrogens (tertiary/aromatic N) is 3. The fourth-order valence-electron chi connectivity index (χ4n) is 2.80. The van der Waals surface area contributed by atoms with Crippen LogP contribution in [0.25, 0.3) is 0 Å². The first-order chi connectivity index (χ1) is 8.75. The molecule has 18 heavy (non-hydrogen) atoms. The molecule has 5 nitrogen and oxygen atoms in total. The van der Waals surface area contributed by atoms with Gasteiger partial charge in [0.15, 0.2) is 0 Å². The van der Waals surface area contributed by atoms with Crippen LogP contribution < -0.4 is 5.32 Å². The molecule has 1 aliphatic rings. The van der Waals surface area contributed by atoms with Crippen LogP contribution in [0.3, 0.4) is 0 Å². The van der Waals surface area contributed by atoms with E-state index in [-0.39, 0.29) is 5.60 Å². The first-order valence-corrected chi connectivity index (χ1v) is 6.85. The summed E-state index contributed by atoms with van der Waals surface area (Å²) >= 11 is 0. The molecule has 0 aliphatic heterocycles. The predicted molar refractivity (Wildman–Crippen MR) is 70.5 cm³/mol. The van der Waals surface area contributed by atoms with Gasteiger partial charge in [0.1, 0.15) is 12.2 Å². The predicted octanol–water partition coefficient (Wildman–Crippen LogP) is 1.39. The quantitative estimate of drug-likeness (QED) is 0.796. The van der Waals surface area contributed by atoms with Crippen LogP contribution in [0.2, 0.25) is 0 Å². The summed E-state index contributed by atoms with van der Waals surface area (Å²) in [6.45, 7) is 3.09. The van der Waals surface area contributed by atoms with Crippen molar-refractivity contribution in [1.82, 2.24) is 20.1 Å². The van der Waals surface area contributed by atoms with Gasteiger partial charge in [-0.1, -0.05) is 6.92 Å². The van der Waals surface area contributed by atoms with Crippen LogP contribution in [-0.4, -0.2) is 40.6 Å². The number of rotatable bonds is 7. The third-order valence-corrected chi connectivity index (χ3v) is 4.11. The van der Waals surface area contributed by atoms with E-state index in [9.17, 15) is 0 Å². The van der Waals surface area contributed by atoms with Gasteiger partial charge < -0.3 is 10.1 Å². The highest BCUT2D eigenvalue weighted by molar-refractivity contribution is 5.04. The molecule has 1 atom stereocenters. The molecular weight excluding hydrogens is 228 g/mol. The number of likely N-dealkylation sites (N-methyl/N-ethyl adjacent to an activating group) is 1. The van der Waals surface area contributed by atoms with Crippen molar-refractivity contribution >= 4 is 0 Å². The normalized spacial score (nSPS) is 19.5. The van der Waals surface area contributed by atoms with Crippen molar-refractivity contribution in [3.63, 3.8) is 0 Å². The number of aromatic nitrogens is 3. The van der Waals surface area contributed by atoms with E-state index >= 15 is 0 Å². The molecule has 0 spiro atoms. The van der Waals surface area contributed by atoms with Gasteiger partial charge in [0.2, 0.25) is 0 Å². The van der Waals surface area contributed by atoms with Crippen LogP contribution in [0, 0.1) is 0 Å². The zero-order valence-corrected chi connectivity index (χ0v) is 11.6. The second-order valence-electron chi connectivity index (χ2n) is 5.07. The minimum Gasteiger partial charge on any atom is -0.377 e. The maximum Gasteiger partial charge on any atom is 0.138 e. The van der Waals surface area contributed by atoms with Crippen LogP contribution in [0.15, 0.2) is 6.33 Å². The molecular formula is C13H24N4O. The lowest BCUT2D eigenvalue weighted by atomic mass is 9.73. The van der Waals surface area contributed by atoms with E-state index in [1.54, 1.807) is 6.33 Å². The van der Waals surface area contributed by atoms with E-state index in [1.807, 2.05) is 18.8 Å². The molecule has 0 amide bonds. The molecule has 1 N–H and O–H groups in total. The van der Waals surface area contributed by atoms with Gasteiger partial charge in [0.25, 0.3) is 0 Å². The molecule has 0 aromatic carbocycles. The molecule has 1 aromatic rings. The molecule has 5 heteroatoms. The Morgan fingerprint density at radius 2 is 2.33 bits per heavy atom. The number of methoxy groups -OCH3 is 1. The lowest BCUT2D eigenvalue weighted by molar-refractivity contribution is -0.0971. The van der Waals surface area contributed by atoms with Crippen molar-refractivity contribution < 1.29 is 4.74 Å². The number of nitrogens with one attached hydrogen (secondary N) is 1. The maximum absolute atomic E-state index is 5.76. The van der Waals surface area contributed by atoms with Gasteiger partial charge in [0.05, 0.1) is 5.60 Å². The number of ether oxygens (including phenoxy) is 1. The largest absolute Gasteiger partial charge is 0.377 e. The summed E-state index contributed by atoms with van der Waals surface area (Å²) in [7, 11) is 3.82. The van der Waals surface area contributed by atoms with E-state index in [1.165, 1.54) is 6.42 Å². The fourth-order valence-corrected chi connectivity index (χ4v) is 2.80. The summed E-state index contributed by atoms with van der Waals surface area (Å²) in [6.07, 6.45) is 7.14. The van der Waals surface area contributed by atoms with Crippen molar-refractivity contribution in [2.75, 3.05) is 14.2 Å². The molecule has 102 valence electrons. The number of hydrogen-bond donors (Lipinski definition) is 1. The van der Waals surface area contributed by atoms with Gasteiger partial charge in [-0.15, -0.1) is 0 Å². The van der Waals surface area contributed by atoms with Gasteiger partial charge >= 0.3 is 0 Å². The Morgan fingerprint density at radius 3 is 2.83 bits per heavy atom. The van der Waals surface area contributed by atoms with Crippen molar-refractivity contribution in [3.8, 4) is 0 Å². The zero-order valence-electron chi connectivity index (χ0n) is 11.6. The molecule has 1 fully saturated rings. The number of hydrogen-bond acceptors (Lipinski definition) is 4. The van der Waals surface area contributed by atoms with Crippen molar-refractivity contribution in [3.05, 3.63) is 12.2 Å². The molecule has 0 bridgehead atoms. The molecule has 0 saturated heterocycles. The smallest absolute Gasteiger partial charge is 0.138 e. The van der Waals surface area contributed by atoms with Crippen LogP contribution >= 0.6 is 0 Å². The van der Waals surface area contributed by atoms with Gasteiger partial charge in [0, 0.05) is 26.1 Å². The Kier molecular flexibility index (Phi) is 4.35. The first-order valence-electron chi connectivity index (χ1n) is 6.85. The summed E-state index contributed by atoms with van der Waals surface area (Å²) in [5, 5.41) is 7.68. The molecule has 0 radical (unpaired) electrons. The highest BCUT2D eigenvalue weighted by Crippen LogP contribution is 2.38. The SMILES string of the molecule is CCCn1ncnc1CC(NC)C1(OC)CCC1. The van der Waals surface area contributed by atoms with Crippen LogP contribution in [0.5, 0.6) is 0 Å². The average Bonchev–Trinajstić information content (AvgIpc) is 2.75. The van der Waals surface area contributed by atoms with Crippen molar-refractivity contribution in [1.29, 1.82) is 0 Å². The molecule has 2 rings (SSSR count). The highest BCUT2D eigenvalue weighted by Gasteiger charge is 2.44. The molecule has 1 aliphatic carbocycles. The first kappa shape index (κ1) is 13.5. The molecule has 1 aromatic heterocycles. The summed E-state index contributed by atoms with van der Waals surface area (Å²) in [4.78, 5) is 4.39. The van der Waals surface area contributed by atoms with Gasteiger partial charge in [-0.2, -0.15) is 5.10 Å². The lowest BCUT2D eigenvalue weighted by Gasteiger charge is -2.46. The van der Waals surface area contributed by atoms with E-state index in [0.29, 0.717) is 6.04 Å². The second kappa shape index (κ2) is 5.80. The average molecular weight is 252 g/mol. The van der Waals surface area contributed by atoms with Gasteiger partial charge in [-0.25, -0.2) is 4.98 Å². The molecule has 1 heterocycles. The highest BCUT2D eigenvalue weighted by atomic mass is 16.5. The fraction of sp³-hybridized carbons (Fsp3) is 0.846. The Balaban J connectivity index is 2.07. The van der Waals surface area contributed by atoms with E-state index in [0.717, 1.165) is 38.1 Å². The summed E-state index contributed by atoms with van der Waals surface area (Å²) in [5.41, 5.74) is -0.00224. The topological polar surface area (TPSA) is 52.0 Å². The summed E-state index contributed by atoms with van der Waals surface area (Å²) < 4.78 is 7.76. The monoisotopic (exact) mass is 252 g/mol. The van der Waals surface area contributed by atoms with Crippen LogP contribution in [0.4, 0.5) is 0 Å². The van der Waals surface area contributed by atoms with Gasteiger partial charge in [-0.05, 0) is 32.7 Å². The maximum atomic E-state index is 5.76. The van der Waals surface area contributed by atoms with E-state index < -0.39 is 0 Å². The van der Waals surface area contributed by atoms with Crippen molar-refractivity contribution in [2.24, 2.45) is 0 Å². The Bertz CT molecular complexity index is 367. The zero-order chi connectivity index (χ0) is 13.0. The standard InChI is InChI=1S/C13H24N4O/c1-4-8-17-12(15-10-16-17)9-11(14-2)13(18-3)6-5-7-13/h10-11,14H,4-9H2,1-3H3. The Labute approximate surface area is 109 Å². The van der Waals surface area contributed by atoms with E-state index in [4.69, 9.17) is 4.74 Å². The lowest BCUT2D eigenvalue weighted by Crippen LogP contribution is -2.56. The molecule has 1 saturated carbocycles. The Hall–Kier alpha value is -0.940. The van der Waals surface area contributed by atoms with Gasteiger partial charge in [-0.3, -0.25) is 4.68 Å². The number of aryl methyl sites for hydroxylation is 1. The van der Waals surface area contributed by atoms with E-state index in [2.05, 4.69) is 22.3 Å². The second-order valence-corrected chi connectivity index (χ2v) is 5.07. The molecule has 1 unspecified atom stereocenters. The summed E-state index contributed by atoms with van der Waals surface area (Å²) in [5.74, 6) is 1.06. The van der Waals surface area contributed by atoms with Crippen molar-refractivity contribution in [2.45, 2.75) is 57.2 Å².